The van der Waals surface area contributed by atoms with E-state index in [-0.39, 0.29) is 0 Å². The molecular formula is C20H24N4. The van der Waals surface area contributed by atoms with Crippen molar-refractivity contribution in [3.05, 3.63) is 59.3 Å². The van der Waals surface area contributed by atoms with E-state index < -0.39 is 0 Å². The van der Waals surface area contributed by atoms with E-state index in [0.29, 0.717) is 5.56 Å². The third-order valence-corrected chi connectivity index (χ3v) is 4.61. The molecule has 4 nitrogen and oxygen atoms in total. The third-order valence-electron chi connectivity index (χ3n) is 4.61. The molecular weight excluding hydrogens is 296 g/mol. The van der Waals surface area contributed by atoms with Crippen LogP contribution in [0.1, 0.15) is 36.5 Å². The van der Waals surface area contributed by atoms with Crippen LogP contribution in [0.3, 0.4) is 0 Å². The summed E-state index contributed by atoms with van der Waals surface area (Å²) in [5.74, 6) is 1.60. The second-order valence-corrected chi connectivity index (χ2v) is 6.65. The number of hydrogen-bond acceptors (Lipinski definition) is 4. The highest BCUT2D eigenvalue weighted by Gasteiger charge is 2.17. The Morgan fingerprint density at radius 2 is 2.08 bits per heavy atom. The number of nitrogens with zero attached hydrogens (tertiary/aromatic N) is 3. The van der Waals surface area contributed by atoms with E-state index in [0.717, 1.165) is 24.8 Å². The molecule has 0 bridgehead atoms. The minimum atomic E-state index is 0.583. The van der Waals surface area contributed by atoms with Gasteiger partial charge in [0.15, 0.2) is 0 Å². The van der Waals surface area contributed by atoms with Crippen LogP contribution >= 0.6 is 0 Å². The predicted octanol–water partition coefficient (Wildman–Crippen LogP) is 3.80. The SMILES string of the molecule is C[C@H]1CCCN(Cc2ccccc2CNc2ccc(C#N)cn2)C1. The van der Waals surface area contributed by atoms with Gasteiger partial charge in [-0.05, 0) is 48.6 Å². The summed E-state index contributed by atoms with van der Waals surface area (Å²) in [4.78, 5) is 6.84. The standard InChI is InChI=1S/C20H24N4/c1-16-5-4-10-24(14-16)15-19-7-3-2-6-18(19)13-23-20-9-8-17(11-21)12-22-20/h2-3,6-9,12,16H,4-5,10,13-15H2,1H3,(H,22,23)/t16-/m0/s1. The van der Waals surface area contributed by atoms with Crippen molar-refractivity contribution in [3.8, 4) is 6.07 Å². The molecule has 124 valence electrons. The van der Waals surface area contributed by atoms with Gasteiger partial charge in [0.05, 0.1) is 5.56 Å². The van der Waals surface area contributed by atoms with E-state index in [2.05, 4.69) is 52.5 Å². The van der Waals surface area contributed by atoms with E-state index in [9.17, 15) is 0 Å². The summed E-state index contributed by atoms with van der Waals surface area (Å²) in [6, 6.07) is 14.3. The highest BCUT2D eigenvalue weighted by molar-refractivity contribution is 5.40. The highest BCUT2D eigenvalue weighted by Crippen LogP contribution is 2.20. The second kappa shape index (κ2) is 7.94. The summed E-state index contributed by atoms with van der Waals surface area (Å²) < 4.78 is 0. The summed E-state index contributed by atoms with van der Waals surface area (Å²) >= 11 is 0. The maximum Gasteiger partial charge on any atom is 0.126 e. The molecule has 1 N–H and O–H groups in total. The topological polar surface area (TPSA) is 52.0 Å². The van der Waals surface area contributed by atoms with Gasteiger partial charge in [-0.3, -0.25) is 4.90 Å². The number of pyridine rings is 1. The molecule has 1 aliphatic heterocycles. The van der Waals surface area contributed by atoms with Gasteiger partial charge in [0.2, 0.25) is 0 Å². The first kappa shape index (κ1) is 16.5. The lowest BCUT2D eigenvalue weighted by Crippen LogP contribution is -2.34. The Kier molecular flexibility index (Phi) is 5.45. The van der Waals surface area contributed by atoms with Gasteiger partial charge in [-0.2, -0.15) is 5.26 Å². The van der Waals surface area contributed by atoms with E-state index in [4.69, 9.17) is 5.26 Å². The van der Waals surface area contributed by atoms with Crippen LogP contribution in [0.2, 0.25) is 0 Å². The average molecular weight is 320 g/mol. The minimum Gasteiger partial charge on any atom is -0.366 e. The smallest absolute Gasteiger partial charge is 0.126 e. The van der Waals surface area contributed by atoms with Crippen LogP contribution < -0.4 is 5.32 Å². The number of benzene rings is 1. The Hall–Kier alpha value is -2.38. The van der Waals surface area contributed by atoms with Crippen molar-refractivity contribution >= 4 is 5.82 Å². The van der Waals surface area contributed by atoms with Gasteiger partial charge in [-0.25, -0.2) is 4.98 Å². The molecule has 4 heteroatoms. The zero-order valence-electron chi connectivity index (χ0n) is 14.2. The second-order valence-electron chi connectivity index (χ2n) is 6.65. The number of aromatic nitrogens is 1. The van der Waals surface area contributed by atoms with Gasteiger partial charge in [0.25, 0.3) is 0 Å². The number of piperidine rings is 1. The molecule has 1 saturated heterocycles. The predicted molar refractivity (Wildman–Crippen MR) is 96.4 cm³/mol. The molecule has 1 atom stereocenters. The van der Waals surface area contributed by atoms with Gasteiger partial charge in [0, 0.05) is 25.8 Å². The number of nitrogens with one attached hydrogen (secondary N) is 1. The Morgan fingerprint density at radius 1 is 1.25 bits per heavy atom. The maximum absolute atomic E-state index is 8.83. The van der Waals surface area contributed by atoms with Crippen molar-refractivity contribution in [2.45, 2.75) is 32.9 Å². The van der Waals surface area contributed by atoms with E-state index in [1.54, 1.807) is 12.3 Å². The molecule has 0 saturated carbocycles. The molecule has 1 aromatic carbocycles. The van der Waals surface area contributed by atoms with E-state index >= 15 is 0 Å². The van der Waals surface area contributed by atoms with Crippen molar-refractivity contribution in [2.24, 2.45) is 5.92 Å². The van der Waals surface area contributed by atoms with Gasteiger partial charge >= 0.3 is 0 Å². The fourth-order valence-electron chi connectivity index (χ4n) is 3.31. The van der Waals surface area contributed by atoms with Crippen molar-refractivity contribution in [1.29, 1.82) is 5.26 Å². The first-order valence-corrected chi connectivity index (χ1v) is 8.64. The van der Waals surface area contributed by atoms with Gasteiger partial charge in [-0.15, -0.1) is 0 Å². The monoisotopic (exact) mass is 320 g/mol. The van der Waals surface area contributed by atoms with Crippen molar-refractivity contribution in [1.82, 2.24) is 9.88 Å². The van der Waals surface area contributed by atoms with Gasteiger partial charge in [-0.1, -0.05) is 31.2 Å². The number of rotatable bonds is 5. The normalized spacial score (nSPS) is 18.1. The number of hydrogen-bond donors (Lipinski definition) is 1. The van der Waals surface area contributed by atoms with Crippen LogP contribution in [0.25, 0.3) is 0 Å². The Labute approximate surface area is 144 Å². The molecule has 0 radical (unpaired) electrons. The summed E-state index contributed by atoms with van der Waals surface area (Å²) in [7, 11) is 0. The number of nitriles is 1. The summed E-state index contributed by atoms with van der Waals surface area (Å²) in [5, 5.41) is 12.2. The summed E-state index contributed by atoms with van der Waals surface area (Å²) in [5.41, 5.74) is 3.27. The Morgan fingerprint density at radius 3 is 2.79 bits per heavy atom. The van der Waals surface area contributed by atoms with Gasteiger partial charge < -0.3 is 5.32 Å². The largest absolute Gasteiger partial charge is 0.366 e. The molecule has 1 aromatic heterocycles. The van der Waals surface area contributed by atoms with E-state index in [1.807, 2.05) is 6.07 Å². The summed E-state index contributed by atoms with van der Waals surface area (Å²) in [6.45, 7) is 6.50. The van der Waals surface area contributed by atoms with Crippen molar-refractivity contribution < 1.29 is 0 Å². The molecule has 1 aliphatic rings. The van der Waals surface area contributed by atoms with Gasteiger partial charge in [0.1, 0.15) is 11.9 Å². The summed E-state index contributed by atoms with van der Waals surface area (Å²) in [6.07, 6.45) is 4.25. The maximum atomic E-state index is 8.83. The lowest BCUT2D eigenvalue weighted by atomic mass is 9.99. The Bertz CT molecular complexity index is 702. The van der Waals surface area contributed by atoms with Crippen LogP contribution in [0.5, 0.6) is 0 Å². The minimum absolute atomic E-state index is 0.583. The lowest BCUT2D eigenvalue weighted by Gasteiger charge is -2.31. The lowest BCUT2D eigenvalue weighted by molar-refractivity contribution is 0.176. The van der Waals surface area contributed by atoms with Crippen molar-refractivity contribution in [3.63, 3.8) is 0 Å². The molecule has 0 unspecified atom stereocenters. The average Bonchev–Trinajstić information content (AvgIpc) is 2.61. The molecule has 3 rings (SSSR count). The van der Waals surface area contributed by atoms with Crippen LogP contribution in [0.15, 0.2) is 42.6 Å². The zero-order chi connectivity index (χ0) is 16.8. The number of anilines is 1. The molecule has 0 aliphatic carbocycles. The van der Waals surface area contributed by atoms with E-state index in [1.165, 1.54) is 37.1 Å². The number of likely N-dealkylation sites (tertiary alicyclic amines) is 1. The highest BCUT2D eigenvalue weighted by atomic mass is 15.1. The molecule has 2 heterocycles. The first-order chi connectivity index (χ1) is 11.7. The molecule has 0 spiro atoms. The van der Waals surface area contributed by atoms with Crippen LogP contribution in [-0.2, 0) is 13.1 Å². The van der Waals surface area contributed by atoms with Crippen LogP contribution in [0.4, 0.5) is 5.82 Å². The molecule has 1 fully saturated rings. The fourth-order valence-corrected chi connectivity index (χ4v) is 3.31. The first-order valence-electron chi connectivity index (χ1n) is 8.64. The quantitative estimate of drug-likeness (QED) is 0.910. The van der Waals surface area contributed by atoms with Crippen LogP contribution in [0, 0.1) is 17.2 Å². The Balaban J connectivity index is 1.64. The fraction of sp³-hybridized carbons (Fsp3) is 0.400. The molecule has 24 heavy (non-hydrogen) atoms. The molecule has 0 amide bonds. The molecule has 2 aromatic rings. The van der Waals surface area contributed by atoms with Crippen molar-refractivity contribution in [2.75, 3.05) is 18.4 Å². The third kappa shape index (κ3) is 4.33. The zero-order valence-corrected chi connectivity index (χ0v) is 14.2. The van der Waals surface area contributed by atoms with Crippen LogP contribution in [-0.4, -0.2) is 23.0 Å².